The normalized spacial score (nSPS) is 10.9. The maximum absolute atomic E-state index is 6.04. The van der Waals surface area contributed by atoms with Gasteiger partial charge in [-0.3, -0.25) is 0 Å². The Hall–Kier alpha value is -0.310. The van der Waals surface area contributed by atoms with E-state index in [0.717, 1.165) is 20.9 Å². The molecule has 1 nitrogen and oxygen atoms in total. The van der Waals surface area contributed by atoms with Gasteiger partial charge in [0.2, 0.25) is 0 Å². The van der Waals surface area contributed by atoms with Gasteiger partial charge in [-0.25, -0.2) is 4.98 Å². The summed E-state index contributed by atoms with van der Waals surface area (Å²) in [6.45, 7) is 1.90. The van der Waals surface area contributed by atoms with E-state index in [1.54, 1.807) is 6.07 Å². The van der Waals surface area contributed by atoms with Crippen LogP contribution in [0.2, 0.25) is 10.2 Å². The molecule has 0 aliphatic carbocycles. The van der Waals surface area contributed by atoms with Crippen molar-refractivity contribution in [2.45, 2.75) is 6.92 Å². The van der Waals surface area contributed by atoms with Crippen LogP contribution in [0.5, 0.6) is 0 Å². The van der Waals surface area contributed by atoms with E-state index in [0.29, 0.717) is 10.2 Å². The van der Waals surface area contributed by atoms with E-state index in [1.165, 1.54) is 0 Å². The minimum atomic E-state index is 0.450. The van der Waals surface area contributed by atoms with Crippen molar-refractivity contribution in [1.82, 2.24) is 4.98 Å². The monoisotopic (exact) mass is 289 g/mol. The number of hydrogen-bond acceptors (Lipinski definition) is 1. The molecule has 0 atom stereocenters. The Balaban J connectivity index is 3.02. The Bertz CT molecular complexity index is 511. The van der Waals surface area contributed by atoms with Crippen molar-refractivity contribution in [3.8, 4) is 0 Å². The predicted octanol–water partition coefficient (Wildman–Crippen LogP) is 4.61. The zero-order valence-electron chi connectivity index (χ0n) is 7.31. The molecule has 0 unspecified atom stereocenters. The topological polar surface area (TPSA) is 12.9 Å². The lowest BCUT2D eigenvalue weighted by Gasteiger charge is -2.06. The lowest BCUT2D eigenvalue weighted by molar-refractivity contribution is 1.21. The Kier molecular flexibility index (Phi) is 2.69. The van der Waals surface area contributed by atoms with Gasteiger partial charge in [-0.1, -0.05) is 35.3 Å². The third-order valence-electron chi connectivity index (χ3n) is 2.04. The second kappa shape index (κ2) is 3.69. The maximum atomic E-state index is 6.04. The van der Waals surface area contributed by atoms with Gasteiger partial charge in [0.05, 0.1) is 10.7 Å². The first-order valence-corrected chi connectivity index (χ1v) is 5.56. The van der Waals surface area contributed by atoms with Gasteiger partial charge in [0.25, 0.3) is 0 Å². The molecular weight excluding hydrogens is 285 g/mol. The van der Waals surface area contributed by atoms with Crippen LogP contribution in [0.3, 0.4) is 0 Å². The molecule has 14 heavy (non-hydrogen) atoms. The number of nitrogens with zero attached hydrogens (tertiary/aromatic N) is 1. The summed E-state index contributed by atoms with van der Waals surface area (Å²) >= 11 is 15.5. The smallest absolute Gasteiger partial charge is 0.138 e. The molecule has 4 heteroatoms. The molecule has 1 aromatic carbocycles. The number of benzene rings is 1. The number of pyridine rings is 1. The lowest BCUT2D eigenvalue weighted by atomic mass is 10.1. The van der Waals surface area contributed by atoms with Crippen molar-refractivity contribution in [1.29, 1.82) is 0 Å². The molecule has 0 fully saturated rings. The number of fused-ring (bicyclic) bond motifs is 1. The molecule has 0 radical (unpaired) electrons. The SMILES string of the molecule is Cc1nc(Cl)c2c(Cl)cccc2c1Br. The van der Waals surface area contributed by atoms with E-state index in [1.807, 2.05) is 19.1 Å². The quantitative estimate of drug-likeness (QED) is 0.646. The first-order valence-electron chi connectivity index (χ1n) is 4.01. The van der Waals surface area contributed by atoms with E-state index in [2.05, 4.69) is 20.9 Å². The van der Waals surface area contributed by atoms with Crippen molar-refractivity contribution >= 4 is 49.9 Å². The molecule has 0 saturated heterocycles. The van der Waals surface area contributed by atoms with Gasteiger partial charge in [0.1, 0.15) is 5.15 Å². The molecular formula is C10H6BrCl2N. The summed E-state index contributed by atoms with van der Waals surface area (Å²) in [6, 6.07) is 5.66. The minimum absolute atomic E-state index is 0.450. The summed E-state index contributed by atoms with van der Waals surface area (Å²) in [5.74, 6) is 0. The van der Waals surface area contributed by atoms with Crippen LogP contribution in [0.15, 0.2) is 22.7 Å². The summed E-state index contributed by atoms with van der Waals surface area (Å²) in [6.07, 6.45) is 0. The molecule has 0 N–H and O–H groups in total. The van der Waals surface area contributed by atoms with Crippen LogP contribution >= 0.6 is 39.1 Å². The van der Waals surface area contributed by atoms with Gasteiger partial charge < -0.3 is 0 Å². The number of halogens is 3. The van der Waals surface area contributed by atoms with Crippen LogP contribution in [-0.4, -0.2) is 4.98 Å². The van der Waals surface area contributed by atoms with E-state index >= 15 is 0 Å². The number of hydrogen-bond donors (Lipinski definition) is 0. The Morgan fingerprint density at radius 1 is 1.29 bits per heavy atom. The van der Waals surface area contributed by atoms with Crippen molar-refractivity contribution in [2.75, 3.05) is 0 Å². The summed E-state index contributed by atoms with van der Waals surface area (Å²) < 4.78 is 0.944. The molecule has 72 valence electrons. The molecule has 0 aliphatic rings. The molecule has 1 heterocycles. The number of rotatable bonds is 0. The number of aromatic nitrogens is 1. The highest BCUT2D eigenvalue weighted by atomic mass is 79.9. The van der Waals surface area contributed by atoms with Gasteiger partial charge in [-0.05, 0) is 28.9 Å². The van der Waals surface area contributed by atoms with E-state index < -0.39 is 0 Å². The molecule has 0 amide bonds. The first kappa shape index (κ1) is 10.2. The van der Waals surface area contributed by atoms with Crippen LogP contribution in [0, 0.1) is 6.92 Å². The summed E-state index contributed by atoms with van der Waals surface area (Å²) in [7, 11) is 0. The van der Waals surface area contributed by atoms with Crippen molar-refractivity contribution < 1.29 is 0 Å². The van der Waals surface area contributed by atoms with E-state index in [9.17, 15) is 0 Å². The average molecular weight is 291 g/mol. The Morgan fingerprint density at radius 2 is 2.00 bits per heavy atom. The second-order valence-electron chi connectivity index (χ2n) is 2.96. The zero-order chi connectivity index (χ0) is 10.3. The highest BCUT2D eigenvalue weighted by Crippen LogP contribution is 2.34. The van der Waals surface area contributed by atoms with E-state index in [-0.39, 0.29) is 0 Å². The van der Waals surface area contributed by atoms with Crippen molar-refractivity contribution in [2.24, 2.45) is 0 Å². The summed E-state index contributed by atoms with van der Waals surface area (Å²) in [4.78, 5) is 4.20. The van der Waals surface area contributed by atoms with Gasteiger partial charge >= 0.3 is 0 Å². The van der Waals surface area contributed by atoms with Gasteiger partial charge in [0.15, 0.2) is 0 Å². The molecule has 0 bridgehead atoms. The van der Waals surface area contributed by atoms with Crippen LogP contribution in [0.1, 0.15) is 5.69 Å². The van der Waals surface area contributed by atoms with Crippen LogP contribution in [-0.2, 0) is 0 Å². The fourth-order valence-electron chi connectivity index (χ4n) is 1.36. The molecule has 0 spiro atoms. The van der Waals surface area contributed by atoms with Crippen LogP contribution in [0.25, 0.3) is 10.8 Å². The fraction of sp³-hybridized carbons (Fsp3) is 0.100. The highest BCUT2D eigenvalue weighted by Gasteiger charge is 2.10. The molecule has 2 rings (SSSR count). The average Bonchev–Trinajstić information content (AvgIpc) is 2.14. The third-order valence-corrected chi connectivity index (χ3v) is 3.63. The minimum Gasteiger partial charge on any atom is -0.240 e. The maximum Gasteiger partial charge on any atom is 0.138 e. The van der Waals surface area contributed by atoms with E-state index in [4.69, 9.17) is 23.2 Å². The summed E-state index contributed by atoms with van der Waals surface area (Å²) in [5, 5.41) is 2.87. The first-order chi connectivity index (χ1) is 6.61. The largest absolute Gasteiger partial charge is 0.240 e. The van der Waals surface area contributed by atoms with Crippen molar-refractivity contribution in [3.63, 3.8) is 0 Å². The van der Waals surface area contributed by atoms with Gasteiger partial charge in [-0.2, -0.15) is 0 Å². The second-order valence-corrected chi connectivity index (χ2v) is 4.52. The van der Waals surface area contributed by atoms with Crippen LogP contribution in [0.4, 0.5) is 0 Å². The summed E-state index contributed by atoms with van der Waals surface area (Å²) in [5.41, 5.74) is 0.866. The molecule has 2 aromatic rings. The van der Waals surface area contributed by atoms with Crippen molar-refractivity contribution in [3.05, 3.63) is 38.5 Å². The molecule has 1 aromatic heterocycles. The Morgan fingerprint density at radius 3 is 2.71 bits per heavy atom. The van der Waals surface area contributed by atoms with Gasteiger partial charge in [-0.15, -0.1) is 0 Å². The third kappa shape index (κ3) is 1.52. The van der Waals surface area contributed by atoms with Crippen LogP contribution < -0.4 is 0 Å². The zero-order valence-corrected chi connectivity index (χ0v) is 10.4. The predicted molar refractivity (Wildman–Crippen MR) is 64.2 cm³/mol. The Labute approximate surface area is 100 Å². The fourth-order valence-corrected chi connectivity index (χ4v) is 2.43. The standard InChI is InChI=1S/C10H6BrCl2N/c1-5-9(11)6-3-2-4-7(12)8(6)10(13)14-5/h2-4H,1H3. The highest BCUT2D eigenvalue weighted by molar-refractivity contribution is 9.10. The molecule has 0 saturated carbocycles. The number of aryl methyl sites for hydroxylation is 1. The molecule has 0 aliphatic heterocycles. The van der Waals surface area contributed by atoms with Gasteiger partial charge in [0, 0.05) is 15.2 Å². The lowest BCUT2D eigenvalue weighted by Crippen LogP contribution is -1.88.